The number of rotatable bonds is 18. The van der Waals surface area contributed by atoms with E-state index in [-0.39, 0.29) is 99.1 Å². The van der Waals surface area contributed by atoms with Crippen LogP contribution in [0.4, 0.5) is 0 Å². The predicted molar refractivity (Wildman–Crippen MR) is 403 cm³/mol. The minimum absolute atomic E-state index is 0. The van der Waals surface area contributed by atoms with E-state index < -0.39 is 16.4 Å². The van der Waals surface area contributed by atoms with Gasteiger partial charge in [-0.1, -0.05) is 124 Å². The van der Waals surface area contributed by atoms with Crippen LogP contribution in [0.5, 0.6) is 0 Å². The van der Waals surface area contributed by atoms with Gasteiger partial charge >= 0.3 is 101 Å². The van der Waals surface area contributed by atoms with Crippen molar-refractivity contribution in [3.63, 3.8) is 0 Å². The van der Waals surface area contributed by atoms with E-state index >= 15 is 0 Å². The van der Waals surface area contributed by atoms with Crippen molar-refractivity contribution >= 4 is 129 Å². The molecule has 0 aliphatic rings. The zero-order chi connectivity index (χ0) is 77.1. The number of aliphatic hydroxyl groups excluding tert-OH is 1. The van der Waals surface area contributed by atoms with Gasteiger partial charge in [-0.2, -0.15) is 8.42 Å². The van der Waals surface area contributed by atoms with Gasteiger partial charge in [0.2, 0.25) is 0 Å². The Hall–Kier alpha value is -5.68. The second kappa shape index (κ2) is 112. The number of carbonyl (C=O) groups is 8. The number of ether oxygens (including phenoxy) is 7. The second-order valence-corrected chi connectivity index (χ2v) is 17.3. The molecule has 7 N–H and O–H groups in total. The minimum Gasteiger partial charge on any atom is -1.00 e. The van der Waals surface area contributed by atoms with Crippen LogP contribution in [0.3, 0.4) is 0 Å². The van der Waals surface area contributed by atoms with Crippen molar-refractivity contribution < 1.29 is 160 Å². The van der Waals surface area contributed by atoms with Gasteiger partial charge in [0.25, 0.3) is 0 Å². The number of aldehydes is 2. The van der Waals surface area contributed by atoms with Crippen LogP contribution < -0.4 is 46.5 Å². The first-order chi connectivity index (χ1) is 44.0. The second-order valence-electron chi connectivity index (χ2n) is 15.0. The van der Waals surface area contributed by atoms with E-state index in [4.69, 9.17) is 51.3 Å². The van der Waals surface area contributed by atoms with Crippen molar-refractivity contribution in [2.24, 2.45) is 4.30 Å². The Kier molecular flexibility index (Phi) is 151. The van der Waals surface area contributed by atoms with Gasteiger partial charge in [-0.05, 0) is 136 Å². The van der Waals surface area contributed by atoms with Crippen LogP contribution in [-0.2, 0) is 81.9 Å². The number of thiol groups is 1. The number of esters is 5. The number of nitrogens with zero attached hydrogens (tertiary/aromatic N) is 1. The maximum Gasteiger partial charge on any atom is 1.00 e. The largest absolute Gasteiger partial charge is 1.00 e. The van der Waals surface area contributed by atoms with E-state index in [1.807, 2.05) is 51.2 Å². The molecule has 2 atom stereocenters. The average molecular weight is 1660 g/mol. The molecule has 0 saturated carbocycles. The number of aliphatic carboxylic acids is 1. The molecule has 0 fully saturated rings. The zero-order valence-corrected chi connectivity index (χ0v) is 70.2. The smallest absolute Gasteiger partial charge is 1.00 e. The first kappa shape index (κ1) is 131. The molecule has 0 aromatic rings. The molecule has 0 aromatic heterocycles. The molecule has 553 valence electrons. The van der Waals surface area contributed by atoms with Crippen molar-refractivity contribution in [2.75, 3.05) is 67.5 Å². The van der Waals surface area contributed by atoms with Crippen LogP contribution in [0, 0.1) is 36.5 Å². The molecule has 0 aliphatic carbocycles. The van der Waals surface area contributed by atoms with Gasteiger partial charge in [0.1, 0.15) is 12.6 Å². The molecular formula is C64H106BBr3NNaO23P2S2-. The Morgan fingerprint density at radius 1 is 0.619 bits per heavy atom. The summed E-state index contributed by atoms with van der Waals surface area (Å²) in [6.07, 6.45) is 38.0. The Bertz CT molecular complexity index is 2670. The maximum atomic E-state index is 10.7. The van der Waals surface area contributed by atoms with E-state index in [2.05, 4.69) is 119 Å². The molecule has 2 unspecified atom stereocenters. The van der Waals surface area contributed by atoms with Crippen molar-refractivity contribution in [2.45, 2.75) is 96.4 Å². The van der Waals surface area contributed by atoms with Crippen molar-refractivity contribution in [1.82, 2.24) is 0 Å². The molecule has 0 heterocycles. The van der Waals surface area contributed by atoms with Gasteiger partial charge < -0.3 is 71.3 Å². The van der Waals surface area contributed by atoms with Crippen molar-refractivity contribution in [3.8, 4) is 36.5 Å². The summed E-state index contributed by atoms with van der Waals surface area (Å²) in [5, 5.41) is 16.4. The molecule has 0 rings (SSSR count). The number of carboxylic acids is 1. The normalized spacial score (nSPS) is 10.5. The fraction of sp³-hybridized carbons (Fsp3) is 0.375. The topological polar surface area (TPSA) is 390 Å². The SMILES string of the molecule is C#CC#CC#C.C/C=C(\C)C(=O)O.C/C=C(\C)C(=O)OC.C/C=C(\CBr)C(=O)OC.C=C/C=C(\C)C(=O)OC.CC/C=C(\C)C(=O)OC.CO.CO/C(C)=C/C=C/C=C(\C)C=O.COC(=O)/C(C)=C/CBr.COC(C)=C/C=C/C=C(C)C=O.O.O=S(=O)(O)O.[3H]PP.[B]=NS.[Br-].[HH].[HH].[Na+].[OH-]. The molecule has 24 nitrogen and oxygen atoms in total. The number of allylic oxidation sites excluding steroid dienone is 19. The maximum absolute atomic E-state index is 10.7. The Morgan fingerprint density at radius 3 is 1.07 bits per heavy atom. The van der Waals surface area contributed by atoms with Crippen molar-refractivity contribution in [3.05, 3.63) is 154 Å². The average Bonchev–Trinajstić information content (AvgIpc) is 2.49. The molecule has 33 heteroatoms. The van der Waals surface area contributed by atoms with Gasteiger partial charge in [-0.3, -0.25) is 18.7 Å². The molecular weight excluding hydrogens is 1550 g/mol. The van der Waals surface area contributed by atoms with Crippen LogP contribution in [0.25, 0.3) is 0 Å². The molecule has 0 aliphatic heterocycles. The van der Waals surface area contributed by atoms with Gasteiger partial charge in [0.05, 0.1) is 62.6 Å². The number of halogens is 3. The number of methoxy groups -OCH3 is 7. The summed E-state index contributed by atoms with van der Waals surface area (Å²) in [6, 6.07) is 0. The van der Waals surface area contributed by atoms with Crippen LogP contribution in [-0.4, -0.2) is 164 Å². The monoisotopic (exact) mass is 1660 g/mol. The first-order valence-corrected chi connectivity index (χ1v) is 32.1. The Labute approximate surface area is 643 Å². The van der Waals surface area contributed by atoms with Gasteiger partial charge in [0.15, 0.2) is 0 Å². The van der Waals surface area contributed by atoms with Crippen LogP contribution in [0.2, 0.25) is 0 Å². The molecule has 1 radical (unpaired) electrons. The van der Waals surface area contributed by atoms with Crippen LogP contribution in [0.1, 0.15) is 99.3 Å². The molecule has 0 bridgehead atoms. The quantitative estimate of drug-likeness (QED) is 0.00854. The Morgan fingerprint density at radius 2 is 0.897 bits per heavy atom. The summed E-state index contributed by atoms with van der Waals surface area (Å²) >= 11 is 9.50. The van der Waals surface area contributed by atoms with E-state index in [0.717, 1.165) is 37.6 Å². The zero-order valence-electron chi connectivity index (χ0n) is 60.6. The summed E-state index contributed by atoms with van der Waals surface area (Å²) < 4.78 is 72.4. The standard InChI is InChI=1S/2C10H14O2.C7H12O2.C7H10O2.2C6H9BrO2.C6H10O2.C6H2.C5H8O2.CH4O.BHNS.BrH.Na.H2O4S.2H2O.H4P2.2H2/c2*1-9(8-11)6-4-5-7-10(2)12-3;2*1-4-5-6(2)7(8)9-3;1-5(3-4-7)6(8)9-2;1-3-5(4-7)6(8)9-2;1-4-5(2)6(7)8-3;1-3-5-6-4-2;1-3-4(2)5(6)7;1-2;1-2-3;;;1-5(2,3)4;;;1-2;;/h2*4-8H,1-3H3;5H,4H2,1-3H3;4-5H,1H2,2-3H3;2*3H,4H2,1-2H3;4H,1-3H3;1-2H;3H,1-2H3,(H,6,7);2H,1H3;3H;1H;;(H2,1,2,3,4);2*1H2;1-2H2;2*1H/q;;;;;;;;;;;;+1;;;;;;/p-2/b5-4+,9-6?,10-7?;5-4+,9-6+,10-7+;2*6-5+;2*5-3+;5-4+;;4-3+;;;;;;;;;;/i;;;;;;;;;;;;;;;;1T;;. The summed E-state index contributed by atoms with van der Waals surface area (Å²) in [7, 11) is 13.3. The van der Waals surface area contributed by atoms with Gasteiger partial charge in [-0.25, -0.2) is 28.8 Å². The van der Waals surface area contributed by atoms with E-state index in [0.29, 0.717) is 55.2 Å². The number of hydrogen-bond acceptors (Lipinski definition) is 21. The van der Waals surface area contributed by atoms with E-state index in [1.165, 1.54) is 35.5 Å². The molecule has 97 heavy (non-hydrogen) atoms. The number of aliphatic hydroxyl groups is 1. The number of alkyl halides is 2. The van der Waals surface area contributed by atoms with E-state index in [1.54, 1.807) is 144 Å². The number of carboxylic acid groups (broad SMARTS) is 1. The number of carbonyl (C=O) groups excluding carboxylic acids is 7. The third-order valence-electron chi connectivity index (χ3n) is 8.26. The third kappa shape index (κ3) is 142. The van der Waals surface area contributed by atoms with Crippen LogP contribution >= 0.6 is 62.5 Å². The summed E-state index contributed by atoms with van der Waals surface area (Å²) in [5.74, 6) is 8.09. The third-order valence-corrected chi connectivity index (χ3v) is 9.19. The Balaban J connectivity index is -0.0000000424. The minimum atomic E-state index is -4.67. The summed E-state index contributed by atoms with van der Waals surface area (Å²) in [6.45, 7) is 26.3. The number of hydrogen-bond donors (Lipinski definition) is 5. The van der Waals surface area contributed by atoms with E-state index in [9.17, 15) is 38.4 Å². The number of terminal acetylenes is 2. The van der Waals surface area contributed by atoms with Gasteiger partial charge in [-0.15, -0.1) is 30.6 Å². The van der Waals surface area contributed by atoms with Gasteiger partial charge in [0, 0.05) is 54.1 Å². The van der Waals surface area contributed by atoms with Crippen molar-refractivity contribution in [1.29, 1.82) is 1.28 Å². The fourth-order valence-corrected chi connectivity index (χ4v) is 4.22. The molecule has 0 saturated heterocycles. The van der Waals surface area contributed by atoms with Crippen LogP contribution in [0.15, 0.2) is 158 Å². The fourth-order valence-electron chi connectivity index (χ4n) is 3.18. The first-order valence-electron chi connectivity index (χ1n) is 26.3. The molecule has 0 aromatic carbocycles. The summed E-state index contributed by atoms with van der Waals surface area (Å²) in [4.78, 5) is 83.0. The summed E-state index contributed by atoms with van der Waals surface area (Å²) in [5.41, 5.74) is 4.97. The molecule has 0 amide bonds. The molecule has 0 spiro atoms. The predicted octanol–water partition coefficient (Wildman–Crippen LogP) is 5.99.